The molecule has 0 unspecified atom stereocenters. The van der Waals surface area contributed by atoms with Gasteiger partial charge in [-0.3, -0.25) is 4.79 Å². The fourth-order valence-corrected chi connectivity index (χ4v) is 3.02. The van der Waals surface area contributed by atoms with Gasteiger partial charge in [-0.05, 0) is 35.9 Å². The lowest BCUT2D eigenvalue weighted by Gasteiger charge is -2.10. The second-order valence-corrected chi connectivity index (χ2v) is 6.11. The molecule has 4 heteroatoms. The van der Waals surface area contributed by atoms with Gasteiger partial charge in [-0.25, -0.2) is 4.98 Å². The molecule has 4 rings (SSSR count). The molecule has 0 spiro atoms. The van der Waals surface area contributed by atoms with Gasteiger partial charge in [0.05, 0.1) is 12.8 Å². The van der Waals surface area contributed by atoms with E-state index in [1.54, 1.807) is 43.9 Å². The summed E-state index contributed by atoms with van der Waals surface area (Å²) in [4.78, 5) is 17.1. The molecule has 1 aromatic heterocycles. The van der Waals surface area contributed by atoms with Crippen molar-refractivity contribution in [3.8, 4) is 22.6 Å². The van der Waals surface area contributed by atoms with Crippen molar-refractivity contribution in [1.29, 1.82) is 0 Å². The van der Waals surface area contributed by atoms with Crippen LogP contribution in [-0.4, -0.2) is 22.4 Å². The Hall–Kier alpha value is -3.66. The highest BCUT2D eigenvalue weighted by Crippen LogP contribution is 2.26. The van der Waals surface area contributed by atoms with Crippen molar-refractivity contribution < 1.29 is 9.53 Å². The quantitative estimate of drug-likeness (QED) is 0.485. The van der Waals surface area contributed by atoms with Crippen molar-refractivity contribution in [2.75, 3.05) is 7.11 Å². The van der Waals surface area contributed by atoms with Crippen LogP contribution in [0.25, 0.3) is 16.8 Å². The molecule has 3 aromatic carbocycles. The average molecular weight is 354 g/mol. The number of ketones is 1. The maximum absolute atomic E-state index is 12.7. The third-order valence-corrected chi connectivity index (χ3v) is 4.43. The summed E-state index contributed by atoms with van der Waals surface area (Å²) < 4.78 is 7.03. The molecule has 0 atom stereocenters. The Morgan fingerprint density at radius 3 is 2.33 bits per heavy atom. The van der Waals surface area contributed by atoms with Gasteiger partial charge in [0.1, 0.15) is 17.8 Å². The second-order valence-electron chi connectivity index (χ2n) is 6.11. The van der Waals surface area contributed by atoms with Crippen LogP contribution in [-0.2, 0) is 0 Å². The lowest BCUT2D eigenvalue weighted by molar-refractivity contribution is 0.103. The lowest BCUT2D eigenvalue weighted by Crippen LogP contribution is -2.01. The van der Waals surface area contributed by atoms with Crippen LogP contribution in [0.4, 0.5) is 0 Å². The summed E-state index contributed by atoms with van der Waals surface area (Å²) in [7, 11) is 1.60. The third kappa shape index (κ3) is 3.37. The van der Waals surface area contributed by atoms with E-state index in [0.717, 1.165) is 16.8 Å². The highest BCUT2D eigenvalue weighted by atomic mass is 16.5. The van der Waals surface area contributed by atoms with Crippen LogP contribution in [0, 0.1) is 0 Å². The highest BCUT2D eigenvalue weighted by molar-refractivity contribution is 6.07. The normalized spacial score (nSPS) is 10.6. The van der Waals surface area contributed by atoms with Crippen LogP contribution in [0.1, 0.15) is 16.1 Å². The molecule has 0 amide bonds. The predicted octanol–water partition coefficient (Wildman–Crippen LogP) is 4.78. The monoisotopic (exact) mass is 354 g/mol. The van der Waals surface area contributed by atoms with E-state index in [9.17, 15) is 4.79 Å². The van der Waals surface area contributed by atoms with Gasteiger partial charge < -0.3 is 9.30 Å². The minimum absolute atomic E-state index is 0.117. The van der Waals surface area contributed by atoms with Crippen LogP contribution in [0.3, 0.4) is 0 Å². The molecule has 4 nitrogen and oxygen atoms in total. The molecule has 0 aliphatic carbocycles. The van der Waals surface area contributed by atoms with Gasteiger partial charge in [-0.2, -0.15) is 0 Å². The molecule has 1 heterocycles. The molecular weight excluding hydrogens is 336 g/mol. The van der Waals surface area contributed by atoms with E-state index in [1.165, 1.54) is 0 Å². The summed E-state index contributed by atoms with van der Waals surface area (Å²) in [6, 6.07) is 25.3. The summed E-state index contributed by atoms with van der Waals surface area (Å²) in [6.45, 7) is 0. The second kappa shape index (κ2) is 7.30. The number of imidazole rings is 1. The average Bonchev–Trinajstić information content (AvgIpc) is 3.24. The fraction of sp³-hybridized carbons (Fsp3) is 0.0435. The van der Waals surface area contributed by atoms with E-state index in [-0.39, 0.29) is 5.78 Å². The van der Waals surface area contributed by atoms with Gasteiger partial charge in [0, 0.05) is 17.3 Å². The maximum atomic E-state index is 12.7. The van der Waals surface area contributed by atoms with Gasteiger partial charge in [0.2, 0.25) is 5.78 Å². The molecule has 0 radical (unpaired) electrons. The first-order chi connectivity index (χ1) is 13.3. The molecule has 0 bridgehead atoms. The van der Waals surface area contributed by atoms with Crippen LogP contribution >= 0.6 is 0 Å². The maximum Gasteiger partial charge on any atom is 0.212 e. The summed E-state index contributed by atoms with van der Waals surface area (Å²) >= 11 is 0. The number of carbonyl (C=O) groups is 1. The van der Waals surface area contributed by atoms with Crippen molar-refractivity contribution in [3.63, 3.8) is 0 Å². The Kier molecular flexibility index (Phi) is 4.54. The van der Waals surface area contributed by atoms with Crippen molar-refractivity contribution in [2.24, 2.45) is 0 Å². The number of ether oxygens (including phenoxy) is 1. The standard InChI is InChI=1S/C23H18N2O2/c1-27-19-13-11-18(12-14-19)23(26)21-15-25(16-24-21)22-10-6-5-9-20(22)17-7-3-2-4-8-17/h2-16H,1H3. The fourth-order valence-electron chi connectivity index (χ4n) is 3.02. The number of methoxy groups -OCH3 is 1. The first-order valence-corrected chi connectivity index (χ1v) is 8.64. The highest BCUT2D eigenvalue weighted by Gasteiger charge is 2.14. The molecule has 132 valence electrons. The number of rotatable bonds is 5. The van der Waals surface area contributed by atoms with E-state index in [0.29, 0.717) is 17.0 Å². The third-order valence-electron chi connectivity index (χ3n) is 4.43. The zero-order chi connectivity index (χ0) is 18.6. The SMILES string of the molecule is COc1ccc(C(=O)c2cn(-c3ccccc3-c3ccccc3)cn2)cc1. The molecule has 0 saturated heterocycles. The largest absolute Gasteiger partial charge is 0.497 e. The Morgan fingerprint density at radius 1 is 0.889 bits per heavy atom. The number of nitrogens with zero attached hydrogens (tertiary/aromatic N) is 2. The Labute approximate surface area is 157 Å². The molecule has 0 saturated carbocycles. The summed E-state index contributed by atoms with van der Waals surface area (Å²) in [5.41, 5.74) is 4.16. The van der Waals surface area contributed by atoms with Gasteiger partial charge in [-0.15, -0.1) is 0 Å². The predicted molar refractivity (Wildman–Crippen MR) is 105 cm³/mol. The van der Waals surface area contributed by atoms with Crippen molar-refractivity contribution in [1.82, 2.24) is 9.55 Å². The molecule has 0 fully saturated rings. The van der Waals surface area contributed by atoms with Crippen LogP contribution in [0.2, 0.25) is 0 Å². The van der Waals surface area contributed by atoms with Crippen LogP contribution in [0.15, 0.2) is 91.4 Å². The Morgan fingerprint density at radius 2 is 1.59 bits per heavy atom. The van der Waals surface area contributed by atoms with Crippen LogP contribution < -0.4 is 4.74 Å². The molecule has 27 heavy (non-hydrogen) atoms. The molecule has 0 aliphatic heterocycles. The van der Waals surface area contributed by atoms with Crippen molar-refractivity contribution >= 4 is 5.78 Å². The van der Waals surface area contributed by atoms with E-state index in [4.69, 9.17) is 4.74 Å². The first kappa shape index (κ1) is 16.8. The number of hydrogen-bond donors (Lipinski definition) is 0. The number of hydrogen-bond acceptors (Lipinski definition) is 3. The Bertz CT molecular complexity index is 1070. The topological polar surface area (TPSA) is 44.1 Å². The van der Waals surface area contributed by atoms with E-state index in [2.05, 4.69) is 23.2 Å². The van der Waals surface area contributed by atoms with E-state index < -0.39 is 0 Å². The van der Waals surface area contributed by atoms with Crippen molar-refractivity contribution in [2.45, 2.75) is 0 Å². The zero-order valence-electron chi connectivity index (χ0n) is 14.9. The van der Waals surface area contributed by atoms with Gasteiger partial charge in [-0.1, -0.05) is 48.5 Å². The molecule has 0 N–H and O–H groups in total. The number of carbonyl (C=O) groups excluding carboxylic acids is 1. The summed E-state index contributed by atoms with van der Waals surface area (Å²) in [5, 5.41) is 0. The van der Waals surface area contributed by atoms with E-state index >= 15 is 0 Å². The summed E-state index contributed by atoms with van der Waals surface area (Å²) in [5.74, 6) is 0.600. The number of para-hydroxylation sites is 1. The number of aromatic nitrogens is 2. The number of benzene rings is 3. The molecular formula is C23H18N2O2. The van der Waals surface area contributed by atoms with Gasteiger partial charge in [0.25, 0.3) is 0 Å². The minimum atomic E-state index is -0.117. The zero-order valence-corrected chi connectivity index (χ0v) is 14.9. The van der Waals surface area contributed by atoms with Gasteiger partial charge >= 0.3 is 0 Å². The first-order valence-electron chi connectivity index (χ1n) is 8.64. The lowest BCUT2D eigenvalue weighted by atomic mass is 10.0. The smallest absolute Gasteiger partial charge is 0.212 e. The molecule has 4 aromatic rings. The van der Waals surface area contributed by atoms with Gasteiger partial charge in [0.15, 0.2) is 0 Å². The summed E-state index contributed by atoms with van der Waals surface area (Å²) in [6.07, 6.45) is 3.45. The Balaban J connectivity index is 1.68. The van der Waals surface area contributed by atoms with Crippen LogP contribution in [0.5, 0.6) is 5.75 Å². The minimum Gasteiger partial charge on any atom is -0.497 e. The molecule has 0 aliphatic rings. The van der Waals surface area contributed by atoms with Crippen molar-refractivity contribution in [3.05, 3.63) is 103 Å². The van der Waals surface area contributed by atoms with E-state index in [1.807, 2.05) is 41.0 Å².